The number of hydrogen-bond acceptors (Lipinski definition) is 4. The summed E-state index contributed by atoms with van der Waals surface area (Å²) in [6, 6.07) is 14.5. The normalized spacial score (nSPS) is 18.2. The third-order valence-electron chi connectivity index (χ3n) is 5.13. The van der Waals surface area contributed by atoms with Crippen LogP contribution >= 0.6 is 0 Å². The molecule has 27 heavy (non-hydrogen) atoms. The van der Waals surface area contributed by atoms with Gasteiger partial charge in [0.2, 0.25) is 11.7 Å². The Morgan fingerprint density at radius 2 is 1.89 bits per heavy atom. The molecule has 0 fully saturated rings. The average molecular weight is 366 g/mol. The molecular formula is C22H26N2O3. The van der Waals surface area contributed by atoms with Gasteiger partial charge in [-0.15, -0.1) is 0 Å². The molecule has 2 aliphatic heterocycles. The van der Waals surface area contributed by atoms with Crippen molar-refractivity contribution < 1.29 is 14.3 Å². The van der Waals surface area contributed by atoms with Crippen LogP contribution in [0.4, 0.5) is 11.4 Å². The third-order valence-corrected chi connectivity index (χ3v) is 5.13. The Bertz CT molecular complexity index is 862. The Morgan fingerprint density at radius 3 is 2.67 bits per heavy atom. The van der Waals surface area contributed by atoms with E-state index in [1.54, 1.807) is 6.92 Å². The van der Waals surface area contributed by atoms with Gasteiger partial charge >= 0.3 is 0 Å². The molecule has 5 heteroatoms. The van der Waals surface area contributed by atoms with Crippen molar-refractivity contribution in [1.29, 1.82) is 0 Å². The zero-order valence-electron chi connectivity index (χ0n) is 16.2. The van der Waals surface area contributed by atoms with E-state index in [0.717, 1.165) is 48.7 Å². The summed E-state index contributed by atoms with van der Waals surface area (Å²) in [7, 11) is 0. The van der Waals surface area contributed by atoms with Gasteiger partial charge in [-0.25, -0.2) is 0 Å². The predicted molar refractivity (Wildman–Crippen MR) is 106 cm³/mol. The molecule has 142 valence electrons. The van der Waals surface area contributed by atoms with Gasteiger partial charge in [-0.2, -0.15) is 0 Å². The third kappa shape index (κ3) is 3.65. The maximum atomic E-state index is 12.1. The van der Waals surface area contributed by atoms with Crippen LogP contribution in [-0.2, 0) is 22.7 Å². The van der Waals surface area contributed by atoms with Crippen molar-refractivity contribution in [2.45, 2.75) is 46.1 Å². The van der Waals surface area contributed by atoms with E-state index in [9.17, 15) is 4.79 Å². The maximum Gasteiger partial charge on any atom is 0.223 e. The molecule has 0 saturated carbocycles. The molecule has 0 radical (unpaired) electrons. The van der Waals surface area contributed by atoms with Crippen molar-refractivity contribution in [3.63, 3.8) is 0 Å². The second kappa shape index (κ2) is 6.89. The predicted octanol–water partition coefficient (Wildman–Crippen LogP) is 4.09. The molecule has 4 rings (SSSR count). The molecule has 2 aliphatic rings. The van der Waals surface area contributed by atoms with Crippen molar-refractivity contribution in [3.05, 3.63) is 53.6 Å². The molecule has 0 atom stereocenters. The van der Waals surface area contributed by atoms with Gasteiger partial charge in [0.05, 0.1) is 18.0 Å². The smallest absolute Gasteiger partial charge is 0.223 e. The summed E-state index contributed by atoms with van der Waals surface area (Å²) in [5.74, 6) is 0.415. The Balaban J connectivity index is 1.61. The van der Waals surface area contributed by atoms with Crippen molar-refractivity contribution in [2.24, 2.45) is 0 Å². The monoisotopic (exact) mass is 366 g/mol. The summed E-state index contributed by atoms with van der Waals surface area (Å²) in [6.07, 6.45) is 0.944. The number of carbonyl (C=O) groups is 1. The number of anilines is 2. The minimum absolute atomic E-state index is 0.0926. The lowest BCUT2D eigenvalue weighted by Crippen LogP contribution is -2.35. The van der Waals surface area contributed by atoms with Gasteiger partial charge in [-0.3, -0.25) is 4.79 Å². The highest BCUT2D eigenvalue weighted by molar-refractivity contribution is 5.95. The number of benzene rings is 2. The van der Waals surface area contributed by atoms with Gasteiger partial charge in [0, 0.05) is 46.0 Å². The second-order valence-corrected chi connectivity index (χ2v) is 7.67. The number of ether oxygens (including phenoxy) is 2. The second-order valence-electron chi connectivity index (χ2n) is 7.67. The van der Waals surface area contributed by atoms with E-state index < -0.39 is 5.79 Å². The van der Waals surface area contributed by atoms with E-state index in [4.69, 9.17) is 9.47 Å². The molecule has 2 heterocycles. The molecule has 0 spiro atoms. The number of amides is 1. The molecule has 0 aromatic heterocycles. The molecule has 0 saturated heterocycles. The highest BCUT2D eigenvalue weighted by atomic mass is 16.7. The molecule has 0 bridgehead atoms. The fourth-order valence-electron chi connectivity index (χ4n) is 3.82. The van der Waals surface area contributed by atoms with Crippen molar-refractivity contribution in [2.75, 3.05) is 22.9 Å². The minimum Gasteiger partial charge on any atom is -0.463 e. The largest absolute Gasteiger partial charge is 0.463 e. The maximum absolute atomic E-state index is 12.1. The molecule has 0 N–H and O–H groups in total. The number of carbonyl (C=O) groups excluding carboxylic acids is 1. The summed E-state index contributed by atoms with van der Waals surface area (Å²) in [5.41, 5.74) is 4.40. The summed E-state index contributed by atoms with van der Waals surface area (Å²) in [5, 5.41) is 0. The number of fused-ring (bicyclic) bond motifs is 2. The van der Waals surface area contributed by atoms with Crippen LogP contribution in [-0.4, -0.2) is 24.8 Å². The lowest BCUT2D eigenvalue weighted by molar-refractivity contribution is -0.180. The number of nitrogens with zero attached hydrogens (tertiary/aromatic N) is 2. The number of rotatable bonds is 2. The summed E-state index contributed by atoms with van der Waals surface area (Å²) >= 11 is 0. The number of para-hydroxylation sites is 2. The van der Waals surface area contributed by atoms with Crippen LogP contribution < -0.4 is 14.5 Å². The first kappa shape index (κ1) is 17.9. The summed E-state index contributed by atoms with van der Waals surface area (Å²) in [4.78, 5) is 16.3. The zero-order valence-corrected chi connectivity index (χ0v) is 16.2. The standard InChI is InChI=1S/C22H26N2O3/c1-16(25)24-12-6-11-23(19-7-4-5-8-20(19)24)14-17-9-10-21-18(13-17)15-26-22(2,3)27-21/h4-5,7-10,13H,6,11-12,14-15H2,1-3H3. The van der Waals surface area contributed by atoms with Crippen LogP contribution in [0.2, 0.25) is 0 Å². The van der Waals surface area contributed by atoms with Crippen LogP contribution in [0.5, 0.6) is 5.75 Å². The van der Waals surface area contributed by atoms with Crippen LogP contribution in [0, 0.1) is 0 Å². The summed E-state index contributed by atoms with van der Waals surface area (Å²) in [6.45, 7) is 8.51. The molecule has 5 nitrogen and oxygen atoms in total. The fraction of sp³-hybridized carbons (Fsp3) is 0.409. The average Bonchev–Trinajstić information content (AvgIpc) is 2.81. The Labute approximate surface area is 160 Å². The highest BCUT2D eigenvalue weighted by Crippen LogP contribution is 2.35. The Morgan fingerprint density at radius 1 is 1.11 bits per heavy atom. The van der Waals surface area contributed by atoms with E-state index in [1.165, 1.54) is 5.56 Å². The first-order valence-corrected chi connectivity index (χ1v) is 9.50. The van der Waals surface area contributed by atoms with Gasteiger partial charge in [0.1, 0.15) is 5.75 Å². The van der Waals surface area contributed by atoms with E-state index in [-0.39, 0.29) is 5.91 Å². The first-order chi connectivity index (χ1) is 12.9. The Kier molecular flexibility index (Phi) is 4.56. The quantitative estimate of drug-likeness (QED) is 0.803. The van der Waals surface area contributed by atoms with E-state index in [0.29, 0.717) is 6.61 Å². The molecule has 0 aliphatic carbocycles. The highest BCUT2D eigenvalue weighted by Gasteiger charge is 2.28. The van der Waals surface area contributed by atoms with Crippen LogP contribution in [0.1, 0.15) is 38.3 Å². The molecule has 2 aromatic rings. The van der Waals surface area contributed by atoms with Gasteiger partial charge in [-0.05, 0) is 36.2 Å². The van der Waals surface area contributed by atoms with Crippen molar-refractivity contribution in [1.82, 2.24) is 0 Å². The van der Waals surface area contributed by atoms with Gasteiger partial charge in [-0.1, -0.05) is 18.2 Å². The van der Waals surface area contributed by atoms with E-state index >= 15 is 0 Å². The van der Waals surface area contributed by atoms with Gasteiger partial charge in [0.25, 0.3) is 0 Å². The molecule has 0 unspecified atom stereocenters. The van der Waals surface area contributed by atoms with Crippen molar-refractivity contribution in [3.8, 4) is 5.75 Å². The molecular weight excluding hydrogens is 340 g/mol. The first-order valence-electron chi connectivity index (χ1n) is 9.50. The lowest BCUT2D eigenvalue weighted by atomic mass is 10.1. The van der Waals surface area contributed by atoms with Crippen LogP contribution in [0.25, 0.3) is 0 Å². The lowest BCUT2D eigenvalue weighted by Gasteiger charge is -2.33. The fourth-order valence-corrected chi connectivity index (χ4v) is 3.82. The number of hydrogen-bond donors (Lipinski definition) is 0. The van der Waals surface area contributed by atoms with Crippen molar-refractivity contribution >= 4 is 17.3 Å². The SMILES string of the molecule is CC(=O)N1CCCN(Cc2ccc3c(c2)COC(C)(C)O3)c2ccccc21. The molecule has 2 aromatic carbocycles. The topological polar surface area (TPSA) is 42.0 Å². The summed E-state index contributed by atoms with van der Waals surface area (Å²) < 4.78 is 11.7. The molecule has 1 amide bonds. The van der Waals surface area contributed by atoms with Gasteiger partial charge < -0.3 is 19.3 Å². The van der Waals surface area contributed by atoms with E-state index in [1.807, 2.05) is 43.0 Å². The Hall–Kier alpha value is -2.53. The van der Waals surface area contributed by atoms with Crippen LogP contribution in [0.15, 0.2) is 42.5 Å². The van der Waals surface area contributed by atoms with Gasteiger partial charge in [0.15, 0.2) is 0 Å². The van der Waals surface area contributed by atoms with E-state index in [2.05, 4.69) is 23.1 Å². The zero-order chi connectivity index (χ0) is 19.0. The minimum atomic E-state index is -0.575. The van der Waals surface area contributed by atoms with Crippen LogP contribution in [0.3, 0.4) is 0 Å².